The average Bonchev–Trinajstić information content (AvgIpc) is 2.63. The average molecular weight is 261 g/mol. The van der Waals surface area contributed by atoms with Gasteiger partial charge in [0.05, 0.1) is 10.6 Å². The Morgan fingerprint density at radius 3 is 2.65 bits per heavy atom. The first-order valence-electron chi connectivity index (χ1n) is 4.47. The molecule has 0 fully saturated rings. The second kappa shape index (κ2) is 3.95. The topological polar surface area (TPSA) is 58.6 Å². The lowest BCUT2D eigenvalue weighted by molar-refractivity contribution is -0.137. The van der Waals surface area contributed by atoms with Crippen LogP contribution in [0.3, 0.4) is 0 Å². The van der Waals surface area contributed by atoms with Gasteiger partial charge in [0.15, 0.2) is 5.01 Å². The molecule has 0 radical (unpaired) electrons. The van der Waals surface area contributed by atoms with Crippen LogP contribution in [0.15, 0.2) is 17.1 Å². The van der Waals surface area contributed by atoms with E-state index in [0.717, 1.165) is 12.3 Å². The van der Waals surface area contributed by atoms with Gasteiger partial charge in [-0.15, -0.1) is 11.3 Å². The minimum atomic E-state index is -4.47. The monoisotopic (exact) mass is 261 g/mol. The van der Waals surface area contributed by atoms with Crippen molar-refractivity contribution in [3.63, 3.8) is 0 Å². The lowest BCUT2D eigenvalue weighted by atomic mass is 10.3. The molecule has 1 N–H and O–H groups in total. The molecular formula is C9H6F3N3OS. The highest BCUT2D eigenvalue weighted by atomic mass is 32.1. The van der Waals surface area contributed by atoms with Crippen LogP contribution in [-0.4, -0.2) is 15.0 Å². The summed E-state index contributed by atoms with van der Waals surface area (Å²) >= 11 is 0.459. The van der Waals surface area contributed by atoms with Crippen LogP contribution in [0.2, 0.25) is 0 Å². The van der Waals surface area contributed by atoms with E-state index in [1.807, 2.05) is 0 Å². The Morgan fingerprint density at radius 1 is 1.41 bits per heavy atom. The van der Waals surface area contributed by atoms with Gasteiger partial charge in [-0.25, -0.2) is 9.97 Å². The van der Waals surface area contributed by atoms with E-state index >= 15 is 0 Å². The third kappa shape index (κ3) is 2.52. The molecule has 2 aromatic heterocycles. The van der Waals surface area contributed by atoms with E-state index in [1.165, 1.54) is 0 Å². The maximum Gasteiger partial charge on any atom is 0.443 e. The van der Waals surface area contributed by atoms with Gasteiger partial charge in [-0.1, -0.05) is 0 Å². The highest BCUT2D eigenvalue weighted by Crippen LogP contribution is 2.35. The first-order chi connectivity index (χ1) is 7.86. The fourth-order valence-electron chi connectivity index (χ4n) is 1.23. The number of hydrogen-bond donors (Lipinski definition) is 1. The van der Waals surface area contributed by atoms with E-state index in [0.29, 0.717) is 17.2 Å². The van der Waals surface area contributed by atoms with Gasteiger partial charge in [-0.05, 0) is 6.92 Å². The minimum absolute atomic E-state index is 0.194. The van der Waals surface area contributed by atoms with Crippen LogP contribution >= 0.6 is 11.3 Å². The Balaban J connectivity index is 2.47. The lowest BCUT2D eigenvalue weighted by Crippen LogP contribution is -2.08. The zero-order chi connectivity index (χ0) is 12.6. The predicted molar refractivity (Wildman–Crippen MR) is 55.7 cm³/mol. The van der Waals surface area contributed by atoms with Gasteiger partial charge in [-0.2, -0.15) is 13.2 Å². The predicted octanol–water partition coefficient (Wildman–Crippen LogP) is 2.22. The molecule has 0 saturated heterocycles. The van der Waals surface area contributed by atoms with Gasteiger partial charge in [0.1, 0.15) is 5.82 Å². The maximum absolute atomic E-state index is 12.3. The molecule has 0 spiro atoms. The number of hydrogen-bond acceptors (Lipinski definition) is 4. The molecule has 2 aromatic rings. The summed E-state index contributed by atoms with van der Waals surface area (Å²) in [4.78, 5) is 21.0. The highest BCUT2D eigenvalue weighted by molar-refractivity contribution is 7.15. The Bertz CT molecular complexity index is 602. The van der Waals surface area contributed by atoms with Gasteiger partial charge >= 0.3 is 6.18 Å². The van der Waals surface area contributed by atoms with Crippen LogP contribution in [0.1, 0.15) is 10.8 Å². The summed E-state index contributed by atoms with van der Waals surface area (Å²) in [5.74, 6) is 0.342. The second-order valence-electron chi connectivity index (χ2n) is 3.24. The van der Waals surface area contributed by atoms with Crippen molar-refractivity contribution in [2.75, 3.05) is 0 Å². The molecule has 90 valence electrons. The Morgan fingerprint density at radius 2 is 2.12 bits per heavy atom. The Labute approximate surface area is 97.2 Å². The third-order valence-corrected chi connectivity index (χ3v) is 2.93. The Hall–Kier alpha value is -1.70. The quantitative estimate of drug-likeness (QED) is 0.856. The lowest BCUT2D eigenvalue weighted by Gasteiger charge is -1.99. The van der Waals surface area contributed by atoms with E-state index in [2.05, 4.69) is 15.0 Å². The first kappa shape index (κ1) is 11.8. The number of nitrogens with zero attached hydrogens (tertiary/aromatic N) is 2. The third-order valence-electron chi connectivity index (χ3n) is 1.86. The van der Waals surface area contributed by atoms with Gasteiger partial charge in [-0.3, -0.25) is 4.79 Å². The smallest absolute Gasteiger partial charge is 0.311 e. The van der Waals surface area contributed by atoms with Crippen LogP contribution < -0.4 is 5.56 Å². The number of aromatic nitrogens is 3. The fourth-order valence-corrected chi connectivity index (χ4v) is 1.97. The molecule has 0 atom stereocenters. The van der Waals surface area contributed by atoms with Crippen LogP contribution in [0.25, 0.3) is 10.6 Å². The van der Waals surface area contributed by atoms with Crippen molar-refractivity contribution in [1.82, 2.24) is 15.0 Å². The van der Waals surface area contributed by atoms with Crippen molar-refractivity contribution in [2.45, 2.75) is 13.1 Å². The van der Waals surface area contributed by atoms with Gasteiger partial charge in [0.25, 0.3) is 5.56 Å². The number of alkyl halides is 3. The van der Waals surface area contributed by atoms with Crippen LogP contribution in [0.5, 0.6) is 0 Å². The van der Waals surface area contributed by atoms with E-state index in [1.54, 1.807) is 6.92 Å². The number of rotatable bonds is 1. The van der Waals surface area contributed by atoms with Crippen LogP contribution in [0.4, 0.5) is 13.2 Å². The summed E-state index contributed by atoms with van der Waals surface area (Å²) in [7, 11) is 0. The molecule has 8 heteroatoms. The van der Waals surface area contributed by atoms with Crippen molar-refractivity contribution in [3.8, 4) is 10.6 Å². The highest BCUT2D eigenvalue weighted by Gasteiger charge is 2.34. The minimum Gasteiger partial charge on any atom is -0.311 e. The van der Waals surface area contributed by atoms with Crippen LogP contribution in [-0.2, 0) is 6.18 Å². The number of nitrogens with one attached hydrogen (secondary N) is 1. The van der Waals surface area contributed by atoms with Crippen molar-refractivity contribution < 1.29 is 13.2 Å². The summed E-state index contributed by atoms with van der Waals surface area (Å²) < 4.78 is 37.0. The fraction of sp³-hybridized carbons (Fsp3) is 0.222. The molecule has 17 heavy (non-hydrogen) atoms. The number of aromatic amines is 1. The zero-order valence-corrected chi connectivity index (χ0v) is 9.32. The molecule has 0 unspecified atom stereocenters. The normalized spacial score (nSPS) is 11.8. The molecule has 0 aliphatic heterocycles. The zero-order valence-electron chi connectivity index (χ0n) is 8.50. The molecule has 0 aromatic carbocycles. The van der Waals surface area contributed by atoms with Crippen molar-refractivity contribution in [3.05, 3.63) is 33.4 Å². The molecule has 4 nitrogen and oxygen atoms in total. The number of halogens is 3. The largest absolute Gasteiger partial charge is 0.443 e. The number of H-pyrrole nitrogens is 1. The van der Waals surface area contributed by atoms with Crippen molar-refractivity contribution >= 4 is 11.3 Å². The second-order valence-corrected chi connectivity index (χ2v) is 4.27. The SMILES string of the molecule is Cc1nc(-c2cnc(C(F)(F)F)s2)cc(=O)[nH]1. The van der Waals surface area contributed by atoms with Crippen molar-refractivity contribution in [1.29, 1.82) is 0 Å². The molecule has 0 amide bonds. The maximum atomic E-state index is 12.3. The number of aryl methyl sites for hydroxylation is 1. The van der Waals surface area contributed by atoms with E-state index in [9.17, 15) is 18.0 Å². The molecule has 2 heterocycles. The summed E-state index contributed by atoms with van der Waals surface area (Å²) in [5, 5.41) is -0.952. The molecule has 0 bridgehead atoms. The summed E-state index contributed by atoms with van der Waals surface area (Å²) in [6.07, 6.45) is -3.41. The van der Waals surface area contributed by atoms with Gasteiger partial charge < -0.3 is 4.98 Å². The summed E-state index contributed by atoms with van der Waals surface area (Å²) in [6, 6.07) is 1.14. The first-order valence-corrected chi connectivity index (χ1v) is 5.29. The van der Waals surface area contributed by atoms with Gasteiger partial charge in [0.2, 0.25) is 0 Å². The molecule has 0 aliphatic carbocycles. The molecular weight excluding hydrogens is 255 g/mol. The van der Waals surface area contributed by atoms with Gasteiger partial charge in [0, 0.05) is 12.3 Å². The molecule has 0 aliphatic rings. The summed E-state index contributed by atoms with van der Waals surface area (Å²) in [6.45, 7) is 1.55. The number of thiazole rings is 1. The molecule has 0 saturated carbocycles. The van der Waals surface area contributed by atoms with E-state index in [4.69, 9.17) is 0 Å². The van der Waals surface area contributed by atoms with Crippen LogP contribution in [0, 0.1) is 6.92 Å². The molecule has 2 rings (SSSR count). The summed E-state index contributed by atoms with van der Waals surface area (Å²) in [5.41, 5.74) is -0.214. The van der Waals surface area contributed by atoms with E-state index < -0.39 is 16.7 Å². The van der Waals surface area contributed by atoms with Crippen molar-refractivity contribution in [2.24, 2.45) is 0 Å². The Kier molecular flexibility index (Phi) is 2.74. The van der Waals surface area contributed by atoms with E-state index in [-0.39, 0.29) is 10.6 Å². The standard InChI is InChI=1S/C9H6F3N3OS/c1-4-14-5(2-7(16)15-4)6-3-13-8(17-6)9(10,11)12/h2-3H,1H3,(H,14,15,16).